The molecule has 0 radical (unpaired) electrons. The lowest BCUT2D eigenvalue weighted by molar-refractivity contribution is -0.130. The number of nitrogens with one attached hydrogen (secondary N) is 1. The number of amides is 1. The maximum absolute atomic E-state index is 12.2. The molecule has 0 aromatic heterocycles. The molecule has 3 nitrogen and oxygen atoms in total. The summed E-state index contributed by atoms with van der Waals surface area (Å²) in [5.41, 5.74) is 0.104. The molecule has 1 N–H and O–H groups in total. The standard InChI is InChI=1S/C14H24N2O/c1-4-11(8-10-15)16-13(17)12-7-5-6-9-14(12,2)3/h11-12H,4-9H2,1-3H3,(H,16,17). The Labute approximate surface area is 105 Å². The van der Waals surface area contributed by atoms with Crippen molar-refractivity contribution in [2.24, 2.45) is 11.3 Å². The van der Waals surface area contributed by atoms with Crippen molar-refractivity contribution < 1.29 is 4.79 Å². The van der Waals surface area contributed by atoms with Crippen molar-refractivity contribution in [2.75, 3.05) is 0 Å². The van der Waals surface area contributed by atoms with Crippen LogP contribution in [0.1, 0.15) is 59.3 Å². The Morgan fingerprint density at radius 2 is 2.24 bits per heavy atom. The predicted octanol–water partition coefficient (Wildman–Crippen LogP) is 3.01. The molecule has 1 saturated carbocycles. The van der Waals surface area contributed by atoms with E-state index in [0.717, 1.165) is 25.7 Å². The van der Waals surface area contributed by atoms with Gasteiger partial charge in [-0.3, -0.25) is 4.79 Å². The fraction of sp³-hybridized carbons (Fsp3) is 0.857. The van der Waals surface area contributed by atoms with Crippen LogP contribution in [0.15, 0.2) is 0 Å². The highest BCUT2D eigenvalue weighted by molar-refractivity contribution is 5.79. The normalized spacial score (nSPS) is 24.7. The summed E-state index contributed by atoms with van der Waals surface area (Å²) >= 11 is 0. The Morgan fingerprint density at radius 1 is 1.53 bits per heavy atom. The van der Waals surface area contributed by atoms with Crippen LogP contribution in [0, 0.1) is 22.7 Å². The number of hydrogen-bond acceptors (Lipinski definition) is 2. The molecule has 0 bridgehead atoms. The third kappa shape index (κ3) is 3.73. The fourth-order valence-corrected chi connectivity index (χ4v) is 2.69. The topological polar surface area (TPSA) is 52.9 Å². The number of carbonyl (C=O) groups is 1. The lowest BCUT2D eigenvalue weighted by atomic mass is 9.68. The molecule has 17 heavy (non-hydrogen) atoms. The monoisotopic (exact) mass is 236 g/mol. The second-order valence-electron chi connectivity index (χ2n) is 5.76. The van der Waals surface area contributed by atoms with E-state index >= 15 is 0 Å². The van der Waals surface area contributed by atoms with E-state index in [1.54, 1.807) is 0 Å². The maximum atomic E-state index is 12.2. The first-order chi connectivity index (χ1) is 8.01. The quantitative estimate of drug-likeness (QED) is 0.815. The van der Waals surface area contributed by atoms with E-state index in [0.29, 0.717) is 6.42 Å². The van der Waals surface area contributed by atoms with E-state index in [-0.39, 0.29) is 23.3 Å². The summed E-state index contributed by atoms with van der Waals surface area (Å²) in [5, 5.41) is 11.7. The van der Waals surface area contributed by atoms with E-state index in [2.05, 4.69) is 25.2 Å². The number of nitriles is 1. The zero-order valence-electron chi connectivity index (χ0n) is 11.3. The van der Waals surface area contributed by atoms with Crippen molar-refractivity contribution >= 4 is 5.91 Å². The molecular formula is C14H24N2O. The van der Waals surface area contributed by atoms with Gasteiger partial charge in [0.25, 0.3) is 0 Å². The average molecular weight is 236 g/mol. The van der Waals surface area contributed by atoms with Crippen LogP contribution in [0.25, 0.3) is 0 Å². The van der Waals surface area contributed by atoms with Crippen LogP contribution in [-0.2, 0) is 4.79 Å². The summed E-state index contributed by atoms with van der Waals surface area (Å²) in [6.07, 6.45) is 5.73. The molecule has 2 atom stereocenters. The van der Waals surface area contributed by atoms with Crippen molar-refractivity contribution in [3.8, 4) is 6.07 Å². The van der Waals surface area contributed by atoms with Crippen LogP contribution in [0.3, 0.4) is 0 Å². The van der Waals surface area contributed by atoms with Gasteiger partial charge in [-0.05, 0) is 24.7 Å². The minimum absolute atomic E-state index is 0.0187. The molecule has 96 valence electrons. The van der Waals surface area contributed by atoms with Gasteiger partial charge in [-0.25, -0.2) is 0 Å². The van der Waals surface area contributed by atoms with Gasteiger partial charge in [0.2, 0.25) is 5.91 Å². The summed E-state index contributed by atoms with van der Waals surface area (Å²) in [4.78, 5) is 12.2. The van der Waals surface area contributed by atoms with Gasteiger partial charge in [0.1, 0.15) is 0 Å². The smallest absolute Gasteiger partial charge is 0.223 e. The summed E-state index contributed by atoms with van der Waals surface area (Å²) in [6, 6.07) is 2.15. The number of nitrogens with zero attached hydrogens (tertiary/aromatic N) is 1. The molecule has 1 aliphatic carbocycles. The molecule has 0 heterocycles. The second-order valence-corrected chi connectivity index (χ2v) is 5.76. The average Bonchev–Trinajstić information content (AvgIpc) is 2.27. The third-order valence-corrected chi connectivity index (χ3v) is 4.00. The van der Waals surface area contributed by atoms with Gasteiger partial charge in [0, 0.05) is 12.0 Å². The summed E-state index contributed by atoms with van der Waals surface area (Å²) in [6.45, 7) is 6.37. The number of rotatable bonds is 4. The number of hydrogen-bond donors (Lipinski definition) is 1. The van der Waals surface area contributed by atoms with E-state index in [1.165, 1.54) is 6.42 Å². The van der Waals surface area contributed by atoms with Gasteiger partial charge in [0.15, 0.2) is 0 Å². The Hall–Kier alpha value is -1.04. The minimum atomic E-state index is 0.0187. The highest BCUT2D eigenvalue weighted by Gasteiger charge is 2.37. The Bertz CT molecular complexity index is 304. The molecule has 1 aliphatic rings. The van der Waals surface area contributed by atoms with E-state index in [1.807, 2.05) is 6.92 Å². The van der Waals surface area contributed by atoms with Gasteiger partial charge in [-0.15, -0.1) is 0 Å². The Kier molecular flexibility index (Phi) is 4.99. The molecule has 0 spiro atoms. The zero-order chi connectivity index (χ0) is 12.9. The largest absolute Gasteiger partial charge is 0.352 e. The summed E-state index contributed by atoms with van der Waals surface area (Å²) in [5.74, 6) is 0.265. The highest BCUT2D eigenvalue weighted by Crippen LogP contribution is 2.40. The molecule has 0 aromatic rings. The summed E-state index contributed by atoms with van der Waals surface area (Å²) in [7, 11) is 0. The van der Waals surface area contributed by atoms with Gasteiger partial charge < -0.3 is 5.32 Å². The van der Waals surface area contributed by atoms with Crippen molar-refractivity contribution in [1.29, 1.82) is 5.26 Å². The second kappa shape index (κ2) is 6.05. The SMILES string of the molecule is CCC(CC#N)NC(=O)C1CCCCC1(C)C. The molecule has 0 aromatic carbocycles. The lowest BCUT2D eigenvalue weighted by Crippen LogP contribution is -2.44. The molecule has 1 amide bonds. The Balaban J connectivity index is 2.59. The molecule has 1 fully saturated rings. The first-order valence-electron chi connectivity index (χ1n) is 6.68. The van der Waals surface area contributed by atoms with Crippen LogP contribution >= 0.6 is 0 Å². The van der Waals surface area contributed by atoms with E-state index in [4.69, 9.17) is 5.26 Å². The minimum Gasteiger partial charge on any atom is -0.352 e. The molecule has 2 unspecified atom stereocenters. The lowest BCUT2D eigenvalue weighted by Gasteiger charge is -2.38. The maximum Gasteiger partial charge on any atom is 0.223 e. The molecule has 0 saturated heterocycles. The van der Waals surface area contributed by atoms with Gasteiger partial charge >= 0.3 is 0 Å². The van der Waals surface area contributed by atoms with Crippen LogP contribution in [-0.4, -0.2) is 11.9 Å². The summed E-state index contributed by atoms with van der Waals surface area (Å²) < 4.78 is 0. The van der Waals surface area contributed by atoms with Gasteiger partial charge in [-0.1, -0.05) is 33.6 Å². The fourth-order valence-electron chi connectivity index (χ4n) is 2.69. The third-order valence-electron chi connectivity index (χ3n) is 4.00. The predicted molar refractivity (Wildman–Crippen MR) is 68.2 cm³/mol. The van der Waals surface area contributed by atoms with Gasteiger partial charge in [-0.2, -0.15) is 5.26 Å². The van der Waals surface area contributed by atoms with E-state index in [9.17, 15) is 4.79 Å². The first kappa shape index (κ1) is 14.0. The van der Waals surface area contributed by atoms with Crippen molar-refractivity contribution in [3.05, 3.63) is 0 Å². The van der Waals surface area contributed by atoms with E-state index < -0.39 is 0 Å². The highest BCUT2D eigenvalue weighted by atomic mass is 16.2. The van der Waals surface area contributed by atoms with Crippen LogP contribution < -0.4 is 5.32 Å². The van der Waals surface area contributed by atoms with Crippen molar-refractivity contribution in [3.63, 3.8) is 0 Å². The van der Waals surface area contributed by atoms with Crippen molar-refractivity contribution in [1.82, 2.24) is 5.32 Å². The van der Waals surface area contributed by atoms with Gasteiger partial charge in [0.05, 0.1) is 12.5 Å². The zero-order valence-corrected chi connectivity index (χ0v) is 11.3. The molecule has 0 aliphatic heterocycles. The van der Waals surface area contributed by atoms with Crippen LogP contribution in [0.5, 0.6) is 0 Å². The molecular weight excluding hydrogens is 212 g/mol. The Morgan fingerprint density at radius 3 is 2.76 bits per heavy atom. The molecule has 3 heteroatoms. The first-order valence-corrected chi connectivity index (χ1v) is 6.68. The number of carbonyl (C=O) groups excluding carboxylic acids is 1. The van der Waals surface area contributed by atoms with Crippen LogP contribution in [0.4, 0.5) is 0 Å². The van der Waals surface area contributed by atoms with Crippen LogP contribution in [0.2, 0.25) is 0 Å². The van der Waals surface area contributed by atoms with Crippen molar-refractivity contribution in [2.45, 2.75) is 65.3 Å². The molecule has 1 rings (SSSR count).